The molecule has 0 bridgehead atoms. The van der Waals surface area contributed by atoms with E-state index in [2.05, 4.69) is 15.4 Å². The lowest BCUT2D eigenvalue weighted by Gasteiger charge is -2.06. The van der Waals surface area contributed by atoms with Crippen LogP contribution in [0.25, 0.3) is 0 Å². The second kappa shape index (κ2) is 6.44. The molecule has 0 aliphatic carbocycles. The Hall–Kier alpha value is -2.30. The number of amides is 2. The first-order valence-corrected chi connectivity index (χ1v) is 5.42. The summed E-state index contributed by atoms with van der Waals surface area (Å²) in [6.45, 7) is 3.75. The summed E-state index contributed by atoms with van der Waals surface area (Å²) < 4.78 is 4.60. The number of methoxy groups -OCH3 is 1. The van der Waals surface area contributed by atoms with Crippen molar-refractivity contribution in [2.24, 2.45) is 0 Å². The highest BCUT2D eigenvalue weighted by Crippen LogP contribution is 2.11. The van der Waals surface area contributed by atoms with E-state index in [-0.39, 0.29) is 6.03 Å². The number of benzene rings is 1. The number of esters is 1. The first-order valence-electron chi connectivity index (χ1n) is 5.42. The maximum Gasteiger partial charge on any atom is 0.337 e. The third-order valence-electron chi connectivity index (χ3n) is 2.03. The van der Waals surface area contributed by atoms with Gasteiger partial charge in [0.1, 0.15) is 0 Å². The minimum Gasteiger partial charge on any atom is -0.465 e. The van der Waals surface area contributed by atoms with Crippen LogP contribution in [0.4, 0.5) is 10.5 Å². The third-order valence-corrected chi connectivity index (χ3v) is 2.03. The number of hydrogen-bond acceptors (Lipinski definition) is 3. The standard InChI is InChI=1S/C13H16N2O3/c1-9(2)8-14-13(17)15-11-6-4-5-10(7-11)12(16)18-3/h4-8H,1-3H3,(H2,14,15,17). The topological polar surface area (TPSA) is 67.4 Å². The van der Waals surface area contributed by atoms with E-state index in [1.54, 1.807) is 30.5 Å². The van der Waals surface area contributed by atoms with E-state index in [1.807, 2.05) is 13.8 Å². The van der Waals surface area contributed by atoms with Crippen LogP contribution in [0, 0.1) is 0 Å². The average molecular weight is 248 g/mol. The molecule has 0 spiro atoms. The zero-order valence-corrected chi connectivity index (χ0v) is 10.6. The summed E-state index contributed by atoms with van der Waals surface area (Å²) in [5.74, 6) is -0.441. The Kier molecular flexibility index (Phi) is 4.92. The third kappa shape index (κ3) is 4.29. The lowest BCUT2D eigenvalue weighted by Crippen LogP contribution is -2.24. The molecular formula is C13H16N2O3. The van der Waals surface area contributed by atoms with Gasteiger partial charge < -0.3 is 15.4 Å². The molecule has 96 valence electrons. The lowest BCUT2D eigenvalue weighted by atomic mass is 10.2. The zero-order valence-electron chi connectivity index (χ0n) is 10.6. The molecule has 1 aromatic rings. The lowest BCUT2D eigenvalue weighted by molar-refractivity contribution is 0.0600. The van der Waals surface area contributed by atoms with Crippen molar-refractivity contribution in [1.29, 1.82) is 0 Å². The van der Waals surface area contributed by atoms with Crippen molar-refractivity contribution in [1.82, 2.24) is 5.32 Å². The number of carbonyl (C=O) groups is 2. The van der Waals surface area contributed by atoms with Crippen LogP contribution in [0.1, 0.15) is 24.2 Å². The molecule has 0 radical (unpaired) electrons. The maximum absolute atomic E-state index is 11.5. The molecule has 5 heteroatoms. The smallest absolute Gasteiger partial charge is 0.337 e. The number of rotatable bonds is 3. The predicted molar refractivity (Wildman–Crippen MR) is 69.4 cm³/mol. The number of urea groups is 1. The number of allylic oxidation sites excluding steroid dienone is 1. The monoisotopic (exact) mass is 248 g/mol. The second-order valence-electron chi connectivity index (χ2n) is 3.89. The summed E-state index contributed by atoms with van der Waals surface area (Å²) in [5.41, 5.74) is 1.89. The predicted octanol–water partition coefficient (Wildman–Crippen LogP) is 2.52. The fraction of sp³-hybridized carbons (Fsp3) is 0.231. The van der Waals surface area contributed by atoms with Crippen LogP contribution in [0.5, 0.6) is 0 Å². The van der Waals surface area contributed by atoms with Crippen molar-refractivity contribution < 1.29 is 14.3 Å². The Morgan fingerprint density at radius 2 is 2.00 bits per heavy atom. The van der Waals surface area contributed by atoms with E-state index < -0.39 is 5.97 Å². The number of hydrogen-bond donors (Lipinski definition) is 2. The summed E-state index contributed by atoms with van der Waals surface area (Å²) >= 11 is 0. The molecule has 5 nitrogen and oxygen atoms in total. The molecule has 1 rings (SSSR count). The van der Waals surface area contributed by atoms with Gasteiger partial charge in [-0.25, -0.2) is 9.59 Å². The fourth-order valence-electron chi connectivity index (χ4n) is 1.22. The highest BCUT2D eigenvalue weighted by molar-refractivity contribution is 5.94. The van der Waals surface area contributed by atoms with Gasteiger partial charge >= 0.3 is 12.0 Å². The first-order chi connectivity index (χ1) is 8.52. The summed E-state index contributed by atoms with van der Waals surface area (Å²) in [5, 5.41) is 5.18. The van der Waals surface area contributed by atoms with Crippen LogP contribution < -0.4 is 10.6 Å². The molecule has 2 amide bonds. The van der Waals surface area contributed by atoms with Gasteiger partial charge in [0.25, 0.3) is 0 Å². The highest BCUT2D eigenvalue weighted by Gasteiger charge is 2.06. The normalized spacial score (nSPS) is 9.28. The quantitative estimate of drug-likeness (QED) is 0.808. The Morgan fingerprint density at radius 3 is 2.61 bits per heavy atom. The van der Waals surface area contributed by atoms with Crippen LogP contribution in [-0.4, -0.2) is 19.1 Å². The van der Waals surface area contributed by atoms with Crippen molar-refractivity contribution >= 4 is 17.7 Å². The molecule has 0 saturated heterocycles. The largest absolute Gasteiger partial charge is 0.465 e. The molecule has 0 heterocycles. The van der Waals surface area contributed by atoms with Crippen molar-refractivity contribution in [2.45, 2.75) is 13.8 Å². The van der Waals surface area contributed by atoms with Crippen molar-refractivity contribution in [3.63, 3.8) is 0 Å². The van der Waals surface area contributed by atoms with E-state index in [0.29, 0.717) is 11.3 Å². The van der Waals surface area contributed by atoms with Crippen molar-refractivity contribution in [3.05, 3.63) is 41.6 Å². The molecule has 0 aliphatic heterocycles. The number of nitrogens with one attached hydrogen (secondary N) is 2. The Labute approximate surface area is 106 Å². The minimum atomic E-state index is -0.441. The highest BCUT2D eigenvalue weighted by atomic mass is 16.5. The van der Waals surface area contributed by atoms with Crippen LogP contribution in [0.15, 0.2) is 36.0 Å². The summed E-state index contributed by atoms with van der Waals surface area (Å²) in [4.78, 5) is 22.8. The van der Waals surface area contributed by atoms with Gasteiger partial charge in [0.2, 0.25) is 0 Å². The van der Waals surface area contributed by atoms with Gasteiger partial charge in [-0.2, -0.15) is 0 Å². The van der Waals surface area contributed by atoms with Crippen LogP contribution in [0.2, 0.25) is 0 Å². The van der Waals surface area contributed by atoms with Crippen molar-refractivity contribution in [3.8, 4) is 0 Å². The molecular weight excluding hydrogens is 232 g/mol. The van der Waals surface area contributed by atoms with Crippen LogP contribution >= 0.6 is 0 Å². The number of anilines is 1. The SMILES string of the molecule is COC(=O)c1cccc(NC(=O)NC=C(C)C)c1. The van der Waals surface area contributed by atoms with Gasteiger partial charge in [0, 0.05) is 11.9 Å². The van der Waals surface area contributed by atoms with Crippen LogP contribution in [0.3, 0.4) is 0 Å². The number of ether oxygens (including phenoxy) is 1. The molecule has 0 aromatic heterocycles. The van der Waals surface area contributed by atoms with Crippen molar-refractivity contribution in [2.75, 3.05) is 12.4 Å². The molecule has 0 fully saturated rings. The van der Waals surface area contributed by atoms with E-state index in [0.717, 1.165) is 5.57 Å². The first kappa shape index (κ1) is 13.8. The van der Waals surface area contributed by atoms with Crippen LogP contribution in [-0.2, 0) is 4.74 Å². The Balaban J connectivity index is 2.70. The molecule has 0 atom stereocenters. The van der Waals surface area contributed by atoms with Gasteiger partial charge in [-0.05, 0) is 32.0 Å². The maximum atomic E-state index is 11.5. The van der Waals surface area contributed by atoms with Gasteiger partial charge in [-0.3, -0.25) is 0 Å². The van der Waals surface area contributed by atoms with Gasteiger partial charge in [-0.15, -0.1) is 0 Å². The van der Waals surface area contributed by atoms with E-state index >= 15 is 0 Å². The molecule has 0 aliphatic rings. The second-order valence-corrected chi connectivity index (χ2v) is 3.89. The van der Waals surface area contributed by atoms with Gasteiger partial charge in [-0.1, -0.05) is 11.6 Å². The summed E-state index contributed by atoms with van der Waals surface area (Å²) in [6.07, 6.45) is 1.60. The van der Waals surface area contributed by atoms with Gasteiger partial charge in [0.15, 0.2) is 0 Å². The zero-order chi connectivity index (χ0) is 13.5. The van der Waals surface area contributed by atoms with E-state index in [4.69, 9.17) is 0 Å². The molecule has 2 N–H and O–H groups in total. The van der Waals surface area contributed by atoms with E-state index in [1.165, 1.54) is 7.11 Å². The molecule has 1 aromatic carbocycles. The minimum absolute atomic E-state index is 0.363. The Bertz CT molecular complexity index is 477. The summed E-state index contributed by atoms with van der Waals surface area (Å²) in [7, 11) is 1.31. The average Bonchev–Trinajstić information content (AvgIpc) is 2.35. The Morgan fingerprint density at radius 1 is 1.28 bits per heavy atom. The number of carbonyl (C=O) groups excluding carboxylic acids is 2. The summed E-state index contributed by atoms with van der Waals surface area (Å²) in [6, 6.07) is 6.16. The molecule has 18 heavy (non-hydrogen) atoms. The van der Waals surface area contributed by atoms with Gasteiger partial charge in [0.05, 0.1) is 12.7 Å². The fourth-order valence-corrected chi connectivity index (χ4v) is 1.22. The van der Waals surface area contributed by atoms with E-state index in [9.17, 15) is 9.59 Å². The molecule has 0 saturated carbocycles. The molecule has 0 unspecified atom stereocenters.